The summed E-state index contributed by atoms with van der Waals surface area (Å²) in [6.07, 6.45) is 35.0. The summed E-state index contributed by atoms with van der Waals surface area (Å²) < 4.78 is 11.3. The number of unbranched alkanes of at least 4 members (excludes halogenated alkanes) is 24. The van der Waals surface area contributed by atoms with Crippen LogP contribution in [0.3, 0.4) is 0 Å². The fraction of sp³-hybridized carbons (Fsp3) is 0.925. The summed E-state index contributed by atoms with van der Waals surface area (Å²) in [5.74, 6) is 1.23. The van der Waals surface area contributed by atoms with Gasteiger partial charge in [-0.3, -0.25) is 14.4 Å². The molecule has 272 valence electrons. The van der Waals surface area contributed by atoms with Gasteiger partial charge in [-0.15, -0.1) is 0 Å². The molecule has 0 saturated carbocycles. The maximum atomic E-state index is 12.5. The van der Waals surface area contributed by atoms with Gasteiger partial charge in [-0.1, -0.05) is 168 Å². The number of carbonyl (C=O) groups excluding carboxylic acids is 3. The van der Waals surface area contributed by atoms with E-state index in [1.165, 1.54) is 141 Å². The van der Waals surface area contributed by atoms with Crippen molar-refractivity contribution in [2.45, 2.75) is 219 Å². The Morgan fingerprint density at radius 2 is 0.870 bits per heavy atom. The van der Waals surface area contributed by atoms with Gasteiger partial charge < -0.3 is 9.47 Å². The average Bonchev–Trinajstić information content (AvgIpc) is 3.03. The van der Waals surface area contributed by atoms with E-state index in [-0.39, 0.29) is 30.4 Å². The van der Waals surface area contributed by atoms with E-state index in [0.29, 0.717) is 31.4 Å². The minimum absolute atomic E-state index is 0.149. The Morgan fingerprint density at radius 3 is 1.26 bits per heavy atom. The van der Waals surface area contributed by atoms with Crippen LogP contribution in [-0.2, 0) is 23.9 Å². The molecule has 0 heterocycles. The number of thioether (sulfide) groups is 1. The molecule has 0 bridgehead atoms. The molecule has 0 aliphatic carbocycles. The van der Waals surface area contributed by atoms with E-state index in [4.69, 9.17) is 9.47 Å². The van der Waals surface area contributed by atoms with E-state index < -0.39 is 0 Å². The zero-order chi connectivity index (χ0) is 33.8. The molecule has 0 aromatic carbocycles. The van der Waals surface area contributed by atoms with Crippen LogP contribution in [0.2, 0.25) is 0 Å². The Hall–Kier alpha value is -1.04. The van der Waals surface area contributed by atoms with Crippen molar-refractivity contribution in [1.29, 1.82) is 0 Å². The molecule has 0 aromatic rings. The monoisotopic (exact) mass is 669 g/mol. The largest absolute Gasteiger partial charge is 0.466 e. The summed E-state index contributed by atoms with van der Waals surface area (Å²) in [6.45, 7) is 6.41. The van der Waals surface area contributed by atoms with Crippen molar-refractivity contribution >= 4 is 29.5 Å². The lowest BCUT2D eigenvalue weighted by Gasteiger charge is -2.18. The van der Waals surface area contributed by atoms with Crippen molar-refractivity contribution in [3.05, 3.63) is 0 Å². The van der Waals surface area contributed by atoms with Gasteiger partial charge in [0.05, 0.1) is 6.61 Å². The van der Waals surface area contributed by atoms with Crippen molar-refractivity contribution in [3.63, 3.8) is 0 Å². The first-order valence-corrected chi connectivity index (χ1v) is 21.1. The number of ether oxygens (including phenoxy) is 2. The molecule has 0 N–H and O–H groups in total. The maximum Gasteiger partial charge on any atom is 0.306 e. The number of hydrogen-bond acceptors (Lipinski definition) is 6. The minimum Gasteiger partial charge on any atom is -0.466 e. The van der Waals surface area contributed by atoms with E-state index >= 15 is 0 Å². The van der Waals surface area contributed by atoms with Crippen LogP contribution in [0, 0.1) is 0 Å². The highest BCUT2D eigenvalue weighted by Crippen LogP contribution is 2.16. The van der Waals surface area contributed by atoms with Crippen molar-refractivity contribution in [2.75, 3.05) is 18.1 Å². The van der Waals surface area contributed by atoms with E-state index in [9.17, 15) is 14.4 Å². The van der Waals surface area contributed by atoms with Gasteiger partial charge in [0.1, 0.15) is 11.9 Å². The lowest BCUT2D eigenvalue weighted by molar-refractivity contribution is -0.150. The number of Topliss-reactive ketones (excluding diaryl/α,β-unsaturated/α-hetero) is 1. The summed E-state index contributed by atoms with van der Waals surface area (Å²) in [4.78, 5) is 36.1. The number of esters is 2. The SMILES string of the molecule is CCCCCCCCCCCCCCCC(=O)OCC[C@@H](CSCCC(C)=O)OC(=O)CCCCCCCCCCCCCCC. The summed E-state index contributed by atoms with van der Waals surface area (Å²) in [7, 11) is 0. The minimum atomic E-state index is -0.282. The van der Waals surface area contributed by atoms with Gasteiger partial charge in [0.2, 0.25) is 0 Å². The zero-order valence-corrected chi connectivity index (χ0v) is 31.7. The normalized spacial score (nSPS) is 11.9. The van der Waals surface area contributed by atoms with Crippen LogP contribution in [0.1, 0.15) is 213 Å². The second-order valence-electron chi connectivity index (χ2n) is 13.6. The highest BCUT2D eigenvalue weighted by atomic mass is 32.2. The van der Waals surface area contributed by atoms with Crippen molar-refractivity contribution in [1.82, 2.24) is 0 Å². The van der Waals surface area contributed by atoms with Crippen LogP contribution < -0.4 is 0 Å². The van der Waals surface area contributed by atoms with Gasteiger partial charge in [-0.2, -0.15) is 11.8 Å². The highest BCUT2D eigenvalue weighted by molar-refractivity contribution is 7.99. The Labute approximate surface area is 290 Å². The molecule has 6 heteroatoms. The van der Waals surface area contributed by atoms with Gasteiger partial charge in [0, 0.05) is 37.2 Å². The number of carbonyl (C=O) groups is 3. The maximum absolute atomic E-state index is 12.5. The van der Waals surface area contributed by atoms with Crippen LogP contribution in [0.5, 0.6) is 0 Å². The number of hydrogen-bond donors (Lipinski definition) is 0. The molecule has 0 radical (unpaired) electrons. The summed E-state index contributed by atoms with van der Waals surface area (Å²) in [5, 5.41) is 0. The number of rotatable bonds is 37. The molecule has 0 amide bonds. The molecule has 5 nitrogen and oxygen atoms in total. The van der Waals surface area contributed by atoms with Crippen molar-refractivity contribution < 1.29 is 23.9 Å². The molecule has 1 atom stereocenters. The van der Waals surface area contributed by atoms with Crippen LogP contribution in [-0.4, -0.2) is 41.9 Å². The van der Waals surface area contributed by atoms with Gasteiger partial charge in [-0.05, 0) is 19.8 Å². The molecule has 0 aromatic heterocycles. The van der Waals surface area contributed by atoms with Crippen LogP contribution in [0.4, 0.5) is 0 Å². The Morgan fingerprint density at radius 1 is 0.500 bits per heavy atom. The average molecular weight is 669 g/mol. The molecule has 0 rings (SSSR count). The molecule has 0 aliphatic rings. The Balaban J connectivity index is 3.95. The fourth-order valence-electron chi connectivity index (χ4n) is 5.80. The fourth-order valence-corrected chi connectivity index (χ4v) is 6.90. The van der Waals surface area contributed by atoms with Crippen molar-refractivity contribution in [3.8, 4) is 0 Å². The van der Waals surface area contributed by atoms with Crippen LogP contribution in [0.15, 0.2) is 0 Å². The van der Waals surface area contributed by atoms with Gasteiger partial charge in [0.25, 0.3) is 0 Å². The molecular weight excluding hydrogens is 593 g/mol. The smallest absolute Gasteiger partial charge is 0.306 e. The second-order valence-corrected chi connectivity index (χ2v) is 14.8. The molecule has 0 fully saturated rings. The lowest BCUT2D eigenvalue weighted by atomic mass is 10.0. The third kappa shape index (κ3) is 35.8. The quantitative estimate of drug-likeness (QED) is 0.0485. The van der Waals surface area contributed by atoms with Gasteiger partial charge in [0.15, 0.2) is 0 Å². The first kappa shape index (κ1) is 45.0. The summed E-state index contributed by atoms with van der Waals surface area (Å²) >= 11 is 1.63. The number of ketones is 1. The molecule has 0 spiro atoms. The molecule has 0 aliphatic heterocycles. The summed E-state index contributed by atoms with van der Waals surface area (Å²) in [6, 6.07) is 0. The van der Waals surface area contributed by atoms with Gasteiger partial charge in [-0.25, -0.2) is 0 Å². The lowest BCUT2D eigenvalue weighted by Crippen LogP contribution is -2.23. The van der Waals surface area contributed by atoms with Gasteiger partial charge >= 0.3 is 11.9 Å². The molecular formula is C40H76O5S. The third-order valence-corrected chi connectivity index (χ3v) is 9.97. The first-order chi connectivity index (χ1) is 22.5. The molecule has 46 heavy (non-hydrogen) atoms. The second kappa shape index (κ2) is 36.8. The summed E-state index contributed by atoms with van der Waals surface area (Å²) in [5.41, 5.74) is 0. The predicted molar refractivity (Wildman–Crippen MR) is 199 cm³/mol. The first-order valence-electron chi connectivity index (χ1n) is 19.9. The zero-order valence-electron chi connectivity index (χ0n) is 30.9. The third-order valence-electron chi connectivity index (χ3n) is 8.87. The Bertz CT molecular complexity index is 683. The standard InChI is InChI=1S/C40H76O5S/c1-4-6-8-10-12-14-16-18-20-22-24-26-28-30-39(42)44-34-32-38(36-46-35-33-37(3)41)45-40(43)31-29-27-25-23-21-19-17-15-13-11-9-7-5-2/h38H,4-36H2,1-3H3/t38-/m0/s1. The van der Waals surface area contributed by atoms with E-state index in [1.54, 1.807) is 18.7 Å². The highest BCUT2D eigenvalue weighted by Gasteiger charge is 2.16. The van der Waals surface area contributed by atoms with Crippen LogP contribution >= 0.6 is 11.8 Å². The van der Waals surface area contributed by atoms with E-state index in [2.05, 4.69) is 13.8 Å². The van der Waals surface area contributed by atoms with Crippen molar-refractivity contribution in [2.24, 2.45) is 0 Å². The van der Waals surface area contributed by atoms with E-state index in [0.717, 1.165) is 31.4 Å². The predicted octanol–water partition coefficient (Wildman–Crippen LogP) is 12.5. The molecule has 0 unspecified atom stereocenters. The van der Waals surface area contributed by atoms with Crippen LogP contribution in [0.25, 0.3) is 0 Å². The van der Waals surface area contributed by atoms with E-state index in [1.807, 2.05) is 0 Å². The topological polar surface area (TPSA) is 69.7 Å². The Kier molecular flexibility index (Phi) is 36.0. The molecule has 0 saturated heterocycles.